The zero-order chi connectivity index (χ0) is 9.94. The number of amides is 1. The van der Waals surface area contributed by atoms with Gasteiger partial charge in [0.05, 0.1) is 6.54 Å². The second kappa shape index (κ2) is 8.94. The molecule has 0 atom stereocenters. The molecule has 13 heavy (non-hydrogen) atoms. The number of hydrogen-bond acceptors (Lipinski definition) is 3. The van der Waals surface area contributed by atoms with Crippen molar-refractivity contribution >= 4 is 12.0 Å². The quantitative estimate of drug-likeness (QED) is 0.365. The van der Waals surface area contributed by atoms with Gasteiger partial charge in [-0.1, -0.05) is 12.8 Å². The lowest BCUT2D eigenvalue weighted by molar-refractivity contribution is -0.118. The summed E-state index contributed by atoms with van der Waals surface area (Å²) in [4.78, 5) is 23.6. The van der Waals surface area contributed by atoms with Crippen molar-refractivity contribution in [3.8, 4) is 0 Å². The lowest BCUT2D eigenvalue weighted by Crippen LogP contribution is -2.20. The summed E-state index contributed by atoms with van der Waals surface area (Å²) >= 11 is 0. The van der Waals surface area contributed by atoms with Crippen LogP contribution >= 0.6 is 0 Å². The average molecular weight is 184 g/mol. The minimum atomic E-state index is 0.0190. The molecule has 0 bridgehead atoms. The second-order valence-electron chi connectivity index (χ2n) is 2.87. The van der Waals surface area contributed by atoms with Crippen molar-refractivity contribution in [2.75, 3.05) is 13.1 Å². The first-order valence-electron chi connectivity index (χ1n) is 4.55. The van der Waals surface area contributed by atoms with Gasteiger partial charge in [0.1, 0.15) is 0 Å². The van der Waals surface area contributed by atoms with Crippen molar-refractivity contribution in [1.29, 1.82) is 0 Å². The highest BCUT2D eigenvalue weighted by Gasteiger charge is 1.91. The van der Waals surface area contributed by atoms with E-state index in [0.717, 1.165) is 32.2 Å². The molecule has 0 saturated heterocycles. The maximum atomic E-state index is 10.4. The average Bonchev–Trinajstić information content (AvgIpc) is 2.09. The Bertz CT molecular complexity index is 180. The Balaban J connectivity index is 2.99. The summed E-state index contributed by atoms with van der Waals surface area (Å²) in [6.45, 7) is 2.83. The van der Waals surface area contributed by atoms with Crippen LogP contribution in [0.5, 0.6) is 0 Å². The number of carbonyl (C=O) groups excluding carboxylic acids is 2. The van der Waals surface area contributed by atoms with Gasteiger partial charge < -0.3 is 5.32 Å². The predicted octanol–water partition coefficient (Wildman–Crippen LogP) is 1.02. The molecular weight excluding hydrogens is 168 g/mol. The van der Waals surface area contributed by atoms with Crippen molar-refractivity contribution in [2.45, 2.75) is 32.6 Å². The van der Waals surface area contributed by atoms with Crippen LogP contribution in [0.25, 0.3) is 0 Å². The molecule has 0 aromatic carbocycles. The van der Waals surface area contributed by atoms with Crippen LogP contribution in [0.15, 0.2) is 4.99 Å². The molecule has 0 rings (SSSR count). The van der Waals surface area contributed by atoms with E-state index in [1.54, 1.807) is 0 Å². The van der Waals surface area contributed by atoms with Gasteiger partial charge in [0, 0.05) is 13.5 Å². The summed E-state index contributed by atoms with van der Waals surface area (Å²) in [5, 5.41) is 2.72. The number of isocyanates is 1. The molecule has 0 aromatic heterocycles. The van der Waals surface area contributed by atoms with Crippen molar-refractivity contribution in [3.05, 3.63) is 0 Å². The van der Waals surface area contributed by atoms with Crippen LogP contribution in [0.4, 0.5) is 0 Å². The third-order valence-corrected chi connectivity index (χ3v) is 1.64. The van der Waals surface area contributed by atoms with Crippen LogP contribution in [0.2, 0.25) is 0 Å². The summed E-state index contributed by atoms with van der Waals surface area (Å²) in [5.74, 6) is 0.0190. The Hall–Kier alpha value is -1.15. The number of hydrogen-bond donors (Lipinski definition) is 1. The fourth-order valence-corrected chi connectivity index (χ4v) is 0.979. The molecule has 0 aliphatic rings. The van der Waals surface area contributed by atoms with Crippen LogP contribution in [0.3, 0.4) is 0 Å². The predicted molar refractivity (Wildman–Crippen MR) is 50.1 cm³/mol. The molecule has 74 valence electrons. The van der Waals surface area contributed by atoms with Crippen molar-refractivity contribution in [2.24, 2.45) is 4.99 Å². The fourth-order valence-electron chi connectivity index (χ4n) is 0.979. The van der Waals surface area contributed by atoms with Gasteiger partial charge in [-0.3, -0.25) is 4.79 Å². The minimum Gasteiger partial charge on any atom is -0.356 e. The first-order chi connectivity index (χ1) is 6.27. The van der Waals surface area contributed by atoms with Gasteiger partial charge in [0.25, 0.3) is 0 Å². The summed E-state index contributed by atoms with van der Waals surface area (Å²) in [6.07, 6.45) is 5.53. The molecule has 0 radical (unpaired) electrons. The van der Waals surface area contributed by atoms with Gasteiger partial charge in [0.2, 0.25) is 12.0 Å². The second-order valence-corrected chi connectivity index (χ2v) is 2.87. The number of carbonyl (C=O) groups is 1. The lowest BCUT2D eigenvalue weighted by Gasteiger charge is -2.00. The largest absolute Gasteiger partial charge is 0.356 e. The first kappa shape index (κ1) is 11.8. The molecule has 0 aliphatic carbocycles. The maximum absolute atomic E-state index is 10.4. The standard InChI is InChI=1S/C9H16N2O2/c1-9(13)11-7-5-3-2-4-6-10-8-12/h2-7H2,1H3,(H,11,13). The molecule has 0 fully saturated rings. The number of rotatable bonds is 7. The van der Waals surface area contributed by atoms with E-state index in [9.17, 15) is 9.59 Å². The van der Waals surface area contributed by atoms with Gasteiger partial charge in [-0.05, 0) is 12.8 Å². The maximum Gasteiger partial charge on any atom is 0.234 e. The Morgan fingerprint density at radius 3 is 2.62 bits per heavy atom. The number of unbranched alkanes of at least 4 members (excludes halogenated alkanes) is 3. The smallest absolute Gasteiger partial charge is 0.234 e. The number of nitrogens with zero attached hydrogens (tertiary/aromatic N) is 1. The molecule has 0 saturated carbocycles. The summed E-state index contributed by atoms with van der Waals surface area (Å²) in [5.41, 5.74) is 0. The number of nitrogens with one attached hydrogen (secondary N) is 1. The van der Waals surface area contributed by atoms with Gasteiger partial charge in [-0.15, -0.1) is 0 Å². The van der Waals surface area contributed by atoms with Crippen LogP contribution in [0.1, 0.15) is 32.6 Å². The van der Waals surface area contributed by atoms with E-state index in [0.29, 0.717) is 6.54 Å². The first-order valence-corrected chi connectivity index (χ1v) is 4.55. The zero-order valence-electron chi connectivity index (χ0n) is 8.01. The minimum absolute atomic E-state index is 0.0190. The molecule has 0 heterocycles. The topological polar surface area (TPSA) is 58.5 Å². The highest BCUT2D eigenvalue weighted by molar-refractivity contribution is 5.72. The molecule has 1 N–H and O–H groups in total. The monoisotopic (exact) mass is 184 g/mol. The zero-order valence-corrected chi connectivity index (χ0v) is 8.01. The normalized spacial score (nSPS) is 9.00. The SMILES string of the molecule is CC(=O)NCCCCCCN=C=O. The molecule has 0 aromatic rings. The van der Waals surface area contributed by atoms with Crippen LogP contribution < -0.4 is 5.32 Å². The summed E-state index contributed by atoms with van der Waals surface area (Å²) < 4.78 is 0. The molecule has 0 unspecified atom stereocenters. The highest BCUT2D eigenvalue weighted by Crippen LogP contribution is 1.98. The van der Waals surface area contributed by atoms with Crippen molar-refractivity contribution in [3.63, 3.8) is 0 Å². The Morgan fingerprint density at radius 1 is 1.31 bits per heavy atom. The van der Waals surface area contributed by atoms with E-state index in [1.165, 1.54) is 13.0 Å². The van der Waals surface area contributed by atoms with Crippen LogP contribution in [0, 0.1) is 0 Å². The van der Waals surface area contributed by atoms with E-state index in [1.807, 2.05) is 0 Å². The van der Waals surface area contributed by atoms with Crippen molar-refractivity contribution < 1.29 is 9.59 Å². The van der Waals surface area contributed by atoms with E-state index in [2.05, 4.69) is 10.3 Å². The number of aliphatic imine (C=N–C) groups is 1. The molecule has 1 amide bonds. The van der Waals surface area contributed by atoms with Crippen molar-refractivity contribution in [1.82, 2.24) is 5.32 Å². The molecule has 0 spiro atoms. The van der Waals surface area contributed by atoms with Gasteiger partial charge in [-0.25, -0.2) is 9.79 Å². The third-order valence-electron chi connectivity index (χ3n) is 1.64. The molecule has 0 aliphatic heterocycles. The van der Waals surface area contributed by atoms with Gasteiger partial charge in [-0.2, -0.15) is 0 Å². The summed E-state index contributed by atoms with van der Waals surface area (Å²) in [6, 6.07) is 0. The third kappa shape index (κ3) is 10.8. The highest BCUT2D eigenvalue weighted by atomic mass is 16.1. The van der Waals surface area contributed by atoms with E-state index < -0.39 is 0 Å². The lowest BCUT2D eigenvalue weighted by atomic mass is 10.2. The van der Waals surface area contributed by atoms with Gasteiger partial charge in [0.15, 0.2) is 0 Å². The van der Waals surface area contributed by atoms with E-state index in [4.69, 9.17) is 0 Å². The van der Waals surface area contributed by atoms with E-state index >= 15 is 0 Å². The Labute approximate surface area is 78.4 Å². The molecule has 4 heteroatoms. The van der Waals surface area contributed by atoms with Crippen LogP contribution in [-0.2, 0) is 9.59 Å². The molecular formula is C9H16N2O2. The fraction of sp³-hybridized carbons (Fsp3) is 0.778. The molecule has 4 nitrogen and oxygen atoms in total. The Morgan fingerprint density at radius 2 is 2.00 bits per heavy atom. The van der Waals surface area contributed by atoms with Crippen LogP contribution in [-0.4, -0.2) is 25.1 Å². The Kier molecular flexibility index (Phi) is 8.15. The summed E-state index contributed by atoms with van der Waals surface area (Å²) in [7, 11) is 0. The van der Waals surface area contributed by atoms with Gasteiger partial charge >= 0.3 is 0 Å². The van der Waals surface area contributed by atoms with E-state index in [-0.39, 0.29) is 5.91 Å².